The lowest BCUT2D eigenvalue weighted by Gasteiger charge is -2.37. The van der Waals surface area contributed by atoms with E-state index in [0.29, 0.717) is 12.1 Å². The van der Waals surface area contributed by atoms with Crippen molar-refractivity contribution in [2.75, 3.05) is 20.2 Å². The Morgan fingerprint density at radius 1 is 1.37 bits per heavy atom. The van der Waals surface area contributed by atoms with Crippen molar-refractivity contribution < 1.29 is 5.11 Å². The predicted molar refractivity (Wildman–Crippen MR) is 79.3 cm³/mol. The molecule has 3 heteroatoms. The van der Waals surface area contributed by atoms with Gasteiger partial charge in [0, 0.05) is 18.1 Å². The minimum atomic E-state index is 0.169. The minimum absolute atomic E-state index is 0.169. The Morgan fingerprint density at radius 2 is 2.11 bits per heavy atom. The standard InChI is InChI=1S/C16H26N2O/c1-13-10-15(8-9-18(13)2)17-16(12-19)11-14-6-4-3-5-7-14/h3-7,13,15-17,19H,8-12H2,1-2H3. The molecule has 0 amide bonds. The van der Waals surface area contributed by atoms with Crippen LogP contribution in [0.4, 0.5) is 0 Å². The highest BCUT2D eigenvalue weighted by Gasteiger charge is 2.24. The van der Waals surface area contributed by atoms with Gasteiger partial charge in [-0.3, -0.25) is 0 Å². The third kappa shape index (κ3) is 4.30. The van der Waals surface area contributed by atoms with Gasteiger partial charge in [0.2, 0.25) is 0 Å². The van der Waals surface area contributed by atoms with Crippen LogP contribution in [-0.2, 0) is 6.42 Å². The summed E-state index contributed by atoms with van der Waals surface area (Å²) in [6, 6.07) is 11.7. The first-order valence-electron chi connectivity index (χ1n) is 7.30. The summed E-state index contributed by atoms with van der Waals surface area (Å²) in [7, 11) is 2.19. The second kappa shape index (κ2) is 7.04. The van der Waals surface area contributed by atoms with Gasteiger partial charge in [-0.25, -0.2) is 0 Å². The summed E-state index contributed by atoms with van der Waals surface area (Å²) in [6.45, 7) is 3.62. The second-order valence-electron chi connectivity index (χ2n) is 5.79. The van der Waals surface area contributed by atoms with Crippen molar-refractivity contribution in [2.24, 2.45) is 0 Å². The Morgan fingerprint density at radius 3 is 2.74 bits per heavy atom. The van der Waals surface area contributed by atoms with Crippen LogP contribution < -0.4 is 5.32 Å². The van der Waals surface area contributed by atoms with Gasteiger partial charge in [0.15, 0.2) is 0 Å². The molecule has 0 bridgehead atoms. The fourth-order valence-corrected chi connectivity index (χ4v) is 2.85. The van der Waals surface area contributed by atoms with Gasteiger partial charge < -0.3 is 15.3 Å². The fraction of sp³-hybridized carbons (Fsp3) is 0.625. The molecule has 1 saturated heterocycles. The van der Waals surface area contributed by atoms with E-state index < -0.39 is 0 Å². The molecule has 1 aromatic carbocycles. The summed E-state index contributed by atoms with van der Waals surface area (Å²) in [5.74, 6) is 0. The fourth-order valence-electron chi connectivity index (χ4n) is 2.85. The van der Waals surface area contributed by atoms with E-state index in [-0.39, 0.29) is 12.6 Å². The molecular weight excluding hydrogens is 236 g/mol. The van der Waals surface area contributed by atoms with Gasteiger partial charge in [0.1, 0.15) is 0 Å². The van der Waals surface area contributed by atoms with Gasteiger partial charge in [0.05, 0.1) is 6.61 Å². The summed E-state index contributed by atoms with van der Waals surface area (Å²) in [5.41, 5.74) is 1.29. The Balaban J connectivity index is 1.85. The Hall–Kier alpha value is -0.900. The third-order valence-electron chi connectivity index (χ3n) is 4.23. The van der Waals surface area contributed by atoms with E-state index in [0.717, 1.165) is 13.0 Å². The van der Waals surface area contributed by atoms with E-state index >= 15 is 0 Å². The molecule has 3 unspecified atom stereocenters. The first-order valence-corrected chi connectivity index (χ1v) is 7.30. The molecule has 0 saturated carbocycles. The van der Waals surface area contributed by atoms with Crippen LogP contribution in [0.25, 0.3) is 0 Å². The van der Waals surface area contributed by atoms with Gasteiger partial charge in [-0.15, -0.1) is 0 Å². The van der Waals surface area contributed by atoms with E-state index in [9.17, 15) is 5.11 Å². The third-order valence-corrected chi connectivity index (χ3v) is 4.23. The zero-order chi connectivity index (χ0) is 13.7. The molecule has 1 heterocycles. The molecule has 1 fully saturated rings. The van der Waals surface area contributed by atoms with E-state index in [2.05, 4.69) is 48.5 Å². The maximum absolute atomic E-state index is 9.56. The van der Waals surface area contributed by atoms with Crippen molar-refractivity contribution in [3.63, 3.8) is 0 Å². The number of piperidine rings is 1. The first kappa shape index (κ1) is 14.5. The molecule has 1 aliphatic rings. The molecule has 1 aromatic rings. The predicted octanol–water partition coefficient (Wildman–Crippen LogP) is 1.66. The molecule has 0 aromatic heterocycles. The molecule has 2 rings (SSSR count). The number of benzene rings is 1. The summed E-state index contributed by atoms with van der Waals surface area (Å²) >= 11 is 0. The lowest BCUT2D eigenvalue weighted by atomic mass is 9.97. The molecule has 0 aliphatic carbocycles. The minimum Gasteiger partial charge on any atom is -0.395 e. The number of nitrogens with one attached hydrogen (secondary N) is 1. The molecule has 3 nitrogen and oxygen atoms in total. The van der Waals surface area contributed by atoms with Crippen LogP contribution in [0, 0.1) is 0 Å². The summed E-state index contributed by atoms with van der Waals surface area (Å²) in [4.78, 5) is 2.41. The van der Waals surface area contributed by atoms with Crippen LogP contribution in [0.1, 0.15) is 25.3 Å². The van der Waals surface area contributed by atoms with E-state index in [1.165, 1.54) is 18.4 Å². The van der Waals surface area contributed by atoms with Gasteiger partial charge >= 0.3 is 0 Å². The molecule has 2 N–H and O–H groups in total. The van der Waals surface area contributed by atoms with Crippen molar-refractivity contribution in [3.05, 3.63) is 35.9 Å². The number of aliphatic hydroxyl groups excluding tert-OH is 1. The number of aliphatic hydroxyl groups is 1. The molecule has 106 valence electrons. The monoisotopic (exact) mass is 262 g/mol. The zero-order valence-electron chi connectivity index (χ0n) is 12.0. The van der Waals surface area contributed by atoms with Crippen LogP contribution in [0.2, 0.25) is 0 Å². The normalized spacial score (nSPS) is 26.3. The number of hydrogen-bond donors (Lipinski definition) is 2. The van der Waals surface area contributed by atoms with Crippen molar-refractivity contribution in [1.82, 2.24) is 10.2 Å². The van der Waals surface area contributed by atoms with Crippen LogP contribution in [0.5, 0.6) is 0 Å². The van der Waals surface area contributed by atoms with E-state index in [1.54, 1.807) is 0 Å². The van der Waals surface area contributed by atoms with Crippen LogP contribution in [0.3, 0.4) is 0 Å². The van der Waals surface area contributed by atoms with E-state index in [4.69, 9.17) is 0 Å². The molecule has 1 aliphatic heterocycles. The lowest BCUT2D eigenvalue weighted by Crippen LogP contribution is -2.50. The average molecular weight is 262 g/mol. The largest absolute Gasteiger partial charge is 0.395 e. The van der Waals surface area contributed by atoms with Crippen LogP contribution in [-0.4, -0.2) is 48.3 Å². The molecule has 0 radical (unpaired) electrons. The zero-order valence-corrected chi connectivity index (χ0v) is 12.0. The lowest BCUT2D eigenvalue weighted by molar-refractivity contribution is 0.148. The van der Waals surface area contributed by atoms with E-state index in [1.807, 2.05) is 6.07 Å². The van der Waals surface area contributed by atoms with Gasteiger partial charge in [0.25, 0.3) is 0 Å². The maximum atomic E-state index is 9.56. The number of hydrogen-bond acceptors (Lipinski definition) is 3. The smallest absolute Gasteiger partial charge is 0.0587 e. The van der Waals surface area contributed by atoms with Crippen LogP contribution in [0.15, 0.2) is 30.3 Å². The quantitative estimate of drug-likeness (QED) is 0.847. The SMILES string of the molecule is CC1CC(NC(CO)Cc2ccccc2)CCN1C. The topological polar surface area (TPSA) is 35.5 Å². The van der Waals surface area contributed by atoms with Crippen molar-refractivity contribution in [2.45, 2.75) is 44.3 Å². The molecule has 0 spiro atoms. The number of rotatable bonds is 5. The summed E-state index contributed by atoms with van der Waals surface area (Å²) in [6.07, 6.45) is 3.24. The Bertz CT molecular complexity index is 368. The van der Waals surface area contributed by atoms with Gasteiger partial charge in [-0.2, -0.15) is 0 Å². The van der Waals surface area contributed by atoms with Crippen LogP contribution >= 0.6 is 0 Å². The Labute approximate surface area is 116 Å². The summed E-state index contributed by atoms with van der Waals surface area (Å²) in [5, 5.41) is 13.2. The van der Waals surface area contributed by atoms with Gasteiger partial charge in [-0.1, -0.05) is 30.3 Å². The highest BCUT2D eigenvalue weighted by atomic mass is 16.3. The highest BCUT2D eigenvalue weighted by Crippen LogP contribution is 2.16. The molecular formula is C16H26N2O. The van der Waals surface area contributed by atoms with Crippen molar-refractivity contribution >= 4 is 0 Å². The summed E-state index contributed by atoms with van der Waals surface area (Å²) < 4.78 is 0. The van der Waals surface area contributed by atoms with Crippen molar-refractivity contribution in [3.8, 4) is 0 Å². The molecule has 19 heavy (non-hydrogen) atoms. The van der Waals surface area contributed by atoms with Crippen molar-refractivity contribution in [1.29, 1.82) is 0 Å². The Kier molecular flexibility index (Phi) is 5.37. The maximum Gasteiger partial charge on any atom is 0.0587 e. The number of likely N-dealkylation sites (tertiary alicyclic amines) is 1. The average Bonchev–Trinajstić information content (AvgIpc) is 2.43. The molecule has 3 atom stereocenters. The second-order valence-corrected chi connectivity index (χ2v) is 5.79. The van der Waals surface area contributed by atoms with Gasteiger partial charge in [-0.05, 0) is 45.3 Å². The number of nitrogens with zero attached hydrogens (tertiary/aromatic N) is 1. The highest BCUT2D eigenvalue weighted by molar-refractivity contribution is 5.16. The first-order chi connectivity index (χ1) is 9.19.